The predicted octanol–water partition coefficient (Wildman–Crippen LogP) is 3.75. The van der Waals surface area contributed by atoms with Crippen LogP contribution in [0.1, 0.15) is 26.3 Å². The fourth-order valence-electron chi connectivity index (χ4n) is 3.75. The van der Waals surface area contributed by atoms with Crippen LogP contribution in [0, 0.1) is 11.3 Å². The number of methoxy groups -OCH3 is 1. The molecule has 3 aromatic rings. The minimum absolute atomic E-state index is 0.134. The molecule has 9 heteroatoms. The fourth-order valence-corrected chi connectivity index (χ4v) is 3.75. The monoisotopic (exact) mass is 420 g/mol. The van der Waals surface area contributed by atoms with Crippen molar-refractivity contribution in [3.05, 3.63) is 30.0 Å². The van der Waals surface area contributed by atoms with E-state index in [0.29, 0.717) is 46.4 Å². The average molecular weight is 420 g/mol. The van der Waals surface area contributed by atoms with Crippen LogP contribution in [0.5, 0.6) is 11.5 Å². The quantitative estimate of drug-likeness (QED) is 0.576. The Hall–Kier alpha value is -3.93. The minimum atomic E-state index is -0.971. The van der Waals surface area contributed by atoms with Gasteiger partial charge in [0.1, 0.15) is 29.0 Å². The van der Waals surface area contributed by atoms with E-state index in [4.69, 9.17) is 9.47 Å². The summed E-state index contributed by atoms with van der Waals surface area (Å²) in [6.45, 7) is 6.16. The van der Waals surface area contributed by atoms with Crippen LogP contribution in [0.15, 0.2) is 24.4 Å². The van der Waals surface area contributed by atoms with Gasteiger partial charge in [0.15, 0.2) is 5.60 Å². The van der Waals surface area contributed by atoms with Crippen LogP contribution in [0.3, 0.4) is 0 Å². The van der Waals surface area contributed by atoms with Gasteiger partial charge in [0, 0.05) is 38.0 Å². The van der Waals surface area contributed by atoms with Gasteiger partial charge in [-0.25, -0.2) is 4.98 Å². The van der Waals surface area contributed by atoms with Gasteiger partial charge in [0.25, 0.3) is 5.91 Å². The molecule has 2 aromatic heterocycles. The van der Waals surface area contributed by atoms with Crippen LogP contribution in [0.2, 0.25) is 0 Å². The molecule has 0 fully saturated rings. The molecule has 3 heterocycles. The number of hydrogen-bond acceptors (Lipinski definition) is 7. The topological polar surface area (TPSA) is 115 Å². The molecule has 1 aliphatic rings. The number of fused-ring (bicyclic) bond motifs is 2. The number of rotatable bonds is 5. The van der Waals surface area contributed by atoms with Gasteiger partial charge in [-0.05, 0) is 20.8 Å². The average Bonchev–Trinajstić information content (AvgIpc) is 3.15. The van der Waals surface area contributed by atoms with Crippen LogP contribution in [-0.4, -0.2) is 42.2 Å². The first kappa shape index (κ1) is 20.3. The summed E-state index contributed by atoms with van der Waals surface area (Å²) in [5.74, 6) is 1.53. The maximum absolute atomic E-state index is 12.5. The van der Waals surface area contributed by atoms with E-state index >= 15 is 0 Å². The lowest BCUT2D eigenvalue weighted by atomic mass is 10.0. The van der Waals surface area contributed by atoms with Gasteiger partial charge >= 0.3 is 0 Å². The second kappa shape index (κ2) is 7.40. The molecule has 0 atom stereocenters. The Bertz CT molecular complexity index is 1220. The van der Waals surface area contributed by atoms with Gasteiger partial charge in [-0.3, -0.25) is 4.79 Å². The lowest BCUT2D eigenvalue weighted by Crippen LogP contribution is -2.50. The molecular formula is C22H24N6O3. The van der Waals surface area contributed by atoms with E-state index < -0.39 is 5.60 Å². The highest BCUT2D eigenvalue weighted by atomic mass is 16.5. The zero-order chi connectivity index (χ0) is 22.3. The molecule has 0 spiro atoms. The van der Waals surface area contributed by atoms with Crippen molar-refractivity contribution >= 4 is 39.8 Å². The van der Waals surface area contributed by atoms with Crippen LogP contribution in [0.25, 0.3) is 11.0 Å². The van der Waals surface area contributed by atoms with Crippen LogP contribution in [-0.2, 0) is 4.79 Å². The highest BCUT2D eigenvalue weighted by Gasteiger charge is 2.39. The number of carbonyl (C=O) groups excluding carboxylic acids is 1. The number of ether oxygens (including phenoxy) is 2. The second-order valence-electron chi connectivity index (χ2n) is 7.74. The summed E-state index contributed by atoms with van der Waals surface area (Å²) in [6.07, 6.45) is 1.64. The molecule has 1 aliphatic heterocycles. The number of pyridine rings is 1. The number of nitriles is 1. The number of nitrogens with one attached hydrogen (secondary N) is 3. The van der Waals surface area contributed by atoms with Crippen molar-refractivity contribution in [1.29, 1.82) is 5.26 Å². The maximum Gasteiger partial charge on any atom is 0.270 e. The van der Waals surface area contributed by atoms with Gasteiger partial charge < -0.3 is 30.0 Å². The van der Waals surface area contributed by atoms with Crippen LogP contribution in [0.4, 0.5) is 22.9 Å². The zero-order valence-corrected chi connectivity index (χ0v) is 18.1. The van der Waals surface area contributed by atoms with Gasteiger partial charge in [0.05, 0.1) is 35.1 Å². The maximum atomic E-state index is 12.5. The van der Waals surface area contributed by atoms with Crippen LogP contribution >= 0.6 is 0 Å². The van der Waals surface area contributed by atoms with Crippen LogP contribution < -0.4 is 25.0 Å². The van der Waals surface area contributed by atoms with E-state index in [2.05, 4.69) is 26.7 Å². The number of carbonyl (C=O) groups is 1. The molecule has 9 nitrogen and oxygen atoms in total. The minimum Gasteiger partial charge on any atom is -0.494 e. The second-order valence-corrected chi connectivity index (χ2v) is 7.74. The molecule has 4 rings (SSSR count). The number of H-pyrrole nitrogens is 1. The standard InChI is InChI=1S/C22H24N6O3/c1-6-24-14-8-18(27-20-19(14)12(10-23)11-25-20)26-13-7-17-15(9-16(13)30-5)28(4)21(29)22(2,3)31-17/h7-9,11H,6H2,1-5H3,(H3,24,25,26,27). The van der Waals surface area contributed by atoms with Gasteiger partial charge in [-0.1, -0.05) is 0 Å². The first-order valence-electron chi connectivity index (χ1n) is 9.91. The van der Waals surface area contributed by atoms with Crippen molar-refractivity contribution in [3.63, 3.8) is 0 Å². The lowest BCUT2D eigenvalue weighted by molar-refractivity contribution is -0.132. The largest absolute Gasteiger partial charge is 0.494 e. The third-order valence-electron chi connectivity index (χ3n) is 5.22. The Labute approximate surface area is 180 Å². The van der Waals surface area contributed by atoms with Crippen molar-refractivity contribution in [2.24, 2.45) is 0 Å². The Morgan fingerprint density at radius 3 is 2.77 bits per heavy atom. The lowest BCUT2D eigenvalue weighted by Gasteiger charge is -2.37. The number of aromatic amines is 1. The van der Waals surface area contributed by atoms with Gasteiger partial charge in [-0.15, -0.1) is 0 Å². The number of benzene rings is 1. The highest BCUT2D eigenvalue weighted by molar-refractivity contribution is 6.03. The summed E-state index contributed by atoms with van der Waals surface area (Å²) >= 11 is 0. The summed E-state index contributed by atoms with van der Waals surface area (Å²) < 4.78 is 11.5. The molecule has 3 N–H and O–H groups in total. The van der Waals surface area contributed by atoms with Crippen molar-refractivity contribution in [1.82, 2.24) is 9.97 Å². The van der Waals surface area contributed by atoms with E-state index in [-0.39, 0.29) is 5.91 Å². The number of amides is 1. The zero-order valence-electron chi connectivity index (χ0n) is 18.1. The van der Waals surface area contributed by atoms with Gasteiger partial charge in [-0.2, -0.15) is 5.26 Å². The smallest absolute Gasteiger partial charge is 0.270 e. The van der Waals surface area contributed by atoms with Crippen molar-refractivity contribution in [3.8, 4) is 17.6 Å². The number of nitrogens with zero attached hydrogens (tertiary/aromatic N) is 3. The molecule has 1 aromatic carbocycles. The molecule has 0 bridgehead atoms. The molecule has 0 radical (unpaired) electrons. The highest BCUT2D eigenvalue weighted by Crippen LogP contribution is 2.44. The first-order chi connectivity index (χ1) is 14.8. The SMILES string of the molecule is CCNc1cc(Nc2cc3c(cc2OC)N(C)C(=O)C(C)(C)O3)nc2[nH]cc(C#N)c12. The van der Waals surface area contributed by atoms with E-state index in [1.807, 2.05) is 13.0 Å². The Morgan fingerprint density at radius 1 is 1.32 bits per heavy atom. The summed E-state index contributed by atoms with van der Waals surface area (Å²) in [7, 11) is 3.28. The predicted molar refractivity (Wildman–Crippen MR) is 119 cm³/mol. The summed E-state index contributed by atoms with van der Waals surface area (Å²) in [6, 6.07) is 7.59. The normalized spacial score (nSPS) is 14.6. The Morgan fingerprint density at radius 2 is 2.10 bits per heavy atom. The Balaban J connectivity index is 1.79. The molecule has 31 heavy (non-hydrogen) atoms. The van der Waals surface area contributed by atoms with Crippen molar-refractivity contribution < 1.29 is 14.3 Å². The number of likely N-dealkylation sites (N-methyl/N-ethyl adjacent to an activating group) is 1. The van der Waals surface area contributed by atoms with Gasteiger partial charge in [0.2, 0.25) is 0 Å². The first-order valence-corrected chi connectivity index (χ1v) is 9.91. The van der Waals surface area contributed by atoms with E-state index in [0.717, 1.165) is 11.1 Å². The third kappa shape index (κ3) is 3.36. The molecule has 0 unspecified atom stereocenters. The fraction of sp³-hybridized carbons (Fsp3) is 0.318. The summed E-state index contributed by atoms with van der Waals surface area (Å²) in [5, 5.41) is 16.7. The summed E-state index contributed by atoms with van der Waals surface area (Å²) in [5.41, 5.74) is 2.22. The Kier molecular flexibility index (Phi) is 4.85. The molecular weight excluding hydrogens is 396 g/mol. The van der Waals surface area contributed by atoms with E-state index in [1.54, 1.807) is 51.2 Å². The summed E-state index contributed by atoms with van der Waals surface area (Å²) in [4.78, 5) is 21.8. The molecule has 1 amide bonds. The van der Waals surface area contributed by atoms with E-state index in [1.165, 1.54) is 0 Å². The number of anilines is 4. The molecule has 0 saturated heterocycles. The van der Waals surface area contributed by atoms with E-state index in [9.17, 15) is 10.1 Å². The molecule has 0 aliphatic carbocycles. The van der Waals surface area contributed by atoms with Crippen molar-refractivity contribution in [2.45, 2.75) is 26.4 Å². The number of hydrogen-bond donors (Lipinski definition) is 3. The number of aromatic nitrogens is 2. The molecule has 0 saturated carbocycles. The molecule has 160 valence electrons. The third-order valence-corrected chi connectivity index (χ3v) is 5.22. The van der Waals surface area contributed by atoms with Crippen molar-refractivity contribution in [2.75, 3.05) is 36.2 Å².